The molecule has 3 N–H and O–H groups in total. The summed E-state index contributed by atoms with van der Waals surface area (Å²) in [4.78, 5) is 9.61. The molecule has 10 nitrogen and oxygen atoms in total. The van der Waals surface area contributed by atoms with Gasteiger partial charge in [0.2, 0.25) is 0 Å². The van der Waals surface area contributed by atoms with Crippen LogP contribution in [0.25, 0.3) is 21.5 Å². The fraction of sp³-hybridized carbons (Fsp3) is 0. The first-order valence-corrected chi connectivity index (χ1v) is 10.1. The molecule has 0 atom stereocenters. The Morgan fingerprint density at radius 2 is 1.61 bits per heavy atom. The summed E-state index contributed by atoms with van der Waals surface area (Å²) in [6, 6.07) is 14.1. The number of rotatable bonds is 4. The highest BCUT2D eigenvalue weighted by Gasteiger charge is 2.22. The summed E-state index contributed by atoms with van der Waals surface area (Å²) in [5.41, 5.74) is -0.650. The van der Waals surface area contributed by atoms with Gasteiger partial charge in [0.25, 0.3) is 15.8 Å². The van der Waals surface area contributed by atoms with Crippen molar-refractivity contribution in [3.8, 4) is 11.5 Å². The lowest BCUT2D eigenvalue weighted by atomic mass is 10.1. The third-order valence-corrected chi connectivity index (χ3v) is 5.55. The summed E-state index contributed by atoms with van der Waals surface area (Å²) < 4.78 is 33.4. The molecule has 0 saturated carbocycles. The normalized spacial score (nSPS) is 12.0. The number of aromatic hydroxyl groups is 2. The number of non-ortho nitro benzene ring substituents is 1. The number of hydrogen-bond acceptors (Lipinski definition) is 8. The zero-order valence-corrected chi connectivity index (χ0v) is 16.3. The number of phenols is 2. The summed E-state index contributed by atoms with van der Waals surface area (Å²) in [5.74, 6) is -0.686. The van der Waals surface area contributed by atoms with Gasteiger partial charge in [0.05, 0.1) is 4.92 Å². The molecule has 11 heteroatoms. The average molecular weight is 439 g/mol. The minimum absolute atomic E-state index is 0.0863. The van der Waals surface area contributed by atoms with Crippen LogP contribution in [0.2, 0.25) is 0 Å². The molecule has 0 saturated heterocycles. The van der Waals surface area contributed by atoms with E-state index in [-0.39, 0.29) is 27.9 Å². The van der Waals surface area contributed by atoms with Crippen molar-refractivity contribution in [3.05, 3.63) is 70.8 Å². The van der Waals surface area contributed by atoms with E-state index in [1.165, 1.54) is 6.07 Å². The topological polar surface area (TPSA) is 163 Å². The van der Waals surface area contributed by atoms with Gasteiger partial charge in [-0.1, -0.05) is 30.3 Å². The van der Waals surface area contributed by atoms with Crippen LogP contribution in [0.5, 0.6) is 11.5 Å². The Kier molecular flexibility index (Phi) is 4.76. The van der Waals surface area contributed by atoms with Crippen LogP contribution < -0.4 is 0 Å². The van der Waals surface area contributed by atoms with Gasteiger partial charge in [0.15, 0.2) is 5.75 Å². The second-order valence-electron chi connectivity index (χ2n) is 6.56. The van der Waals surface area contributed by atoms with Crippen LogP contribution in [0.15, 0.2) is 75.8 Å². The minimum atomic E-state index is -4.82. The lowest BCUT2D eigenvalue weighted by molar-refractivity contribution is -0.384. The molecular weight excluding hydrogens is 426 g/mol. The molecule has 0 unspecified atom stereocenters. The first kappa shape index (κ1) is 20.2. The van der Waals surface area contributed by atoms with Crippen molar-refractivity contribution in [1.82, 2.24) is 0 Å². The van der Waals surface area contributed by atoms with Crippen molar-refractivity contribution >= 4 is 48.7 Å². The van der Waals surface area contributed by atoms with E-state index in [0.717, 1.165) is 29.7 Å². The Morgan fingerprint density at radius 3 is 2.32 bits per heavy atom. The number of fused-ring (bicyclic) bond motifs is 2. The fourth-order valence-electron chi connectivity index (χ4n) is 3.21. The van der Waals surface area contributed by atoms with E-state index in [2.05, 4.69) is 10.2 Å². The van der Waals surface area contributed by atoms with Crippen LogP contribution >= 0.6 is 0 Å². The van der Waals surface area contributed by atoms with Gasteiger partial charge < -0.3 is 10.2 Å². The maximum atomic E-state index is 11.9. The lowest BCUT2D eigenvalue weighted by Gasteiger charge is -2.09. The van der Waals surface area contributed by atoms with Gasteiger partial charge in [0.1, 0.15) is 22.0 Å². The molecule has 0 spiro atoms. The van der Waals surface area contributed by atoms with Crippen molar-refractivity contribution < 1.29 is 28.1 Å². The van der Waals surface area contributed by atoms with Crippen LogP contribution in [0.3, 0.4) is 0 Å². The number of benzene rings is 4. The molecule has 0 amide bonds. The average Bonchev–Trinajstić information content (AvgIpc) is 2.73. The Labute approximate surface area is 174 Å². The Hall–Kier alpha value is -4.09. The molecule has 4 rings (SSSR count). The molecule has 0 radical (unpaired) electrons. The van der Waals surface area contributed by atoms with Gasteiger partial charge in [-0.2, -0.15) is 8.42 Å². The minimum Gasteiger partial charge on any atom is -0.506 e. The lowest BCUT2D eigenvalue weighted by Crippen LogP contribution is -2.00. The molecule has 0 aliphatic rings. The summed E-state index contributed by atoms with van der Waals surface area (Å²) in [5, 5.41) is 40.6. The van der Waals surface area contributed by atoms with E-state index in [4.69, 9.17) is 0 Å². The van der Waals surface area contributed by atoms with Gasteiger partial charge >= 0.3 is 0 Å². The molecule has 0 aliphatic carbocycles. The van der Waals surface area contributed by atoms with Gasteiger partial charge in [-0.3, -0.25) is 14.7 Å². The number of hydrogen-bond donors (Lipinski definition) is 3. The molecule has 4 aromatic carbocycles. The van der Waals surface area contributed by atoms with Crippen molar-refractivity contribution in [2.24, 2.45) is 10.2 Å². The number of nitro benzene ring substituents is 1. The van der Waals surface area contributed by atoms with E-state index in [9.17, 15) is 33.3 Å². The maximum Gasteiger partial charge on any atom is 0.295 e. The molecule has 0 aromatic heterocycles. The maximum absolute atomic E-state index is 11.9. The van der Waals surface area contributed by atoms with Crippen molar-refractivity contribution in [3.63, 3.8) is 0 Å². The summed E-state index contributed by atoms with van der Waals surface area (Å²) >= 11 is 0. The number of azo groups is 1. The summed E-state index contributed by atoms with van der Waals surface area (Å²) in [7, 11) is -4.82. The van der Waals surface area contributed by atoms with Crippen LogP contribution in [-0.2, 0) is 10.1 Å². The number of phenolic OH excluding ortho intramolecular Hbond substituents is 2. The Balaban J connectivity index is 1.96. The Morgan fingerprint density at radius 1 is 0.871 bits per heavy atom. The van der Waals surface area contributed by atoms with E-state index in [1.807, 2.05) is 0 Å². The summed E-state index contributed by atoms with van der Waals surface area (Å²) in [6.07, 6.45) is 0. The molecule has 0 bridgehead atoms. The first-order chi connectivity index (χ1) is 14.7. The quantitative estimate of drug-likeness (QED) is 0.175. The molecular formula is C20H13N3O7S. The van der Waals surface area contributed by atoms with Crippen LogP contribution in [0, 0.1) is 10.1 Å². The highest BCUT2D eigenvalue weighted by atomic mass is 32.2. The van der Waals surface area contributed by atoms with Gasteiger partial charge in [-0.25, -0.2) is 0 Å². The predicted molar refractivity (Wildman–Crippen MR) is 112 cm³/mol. The van der Waals surface area contributed by atoms with E-state index >= 15 is 0 Å². The molecule has 0 heterocycles. The Bertz CT molecular complexity index is 1510. The molecule has 156 valence electrons. The number of nitro groups is 1. The number of nitrogens with zero attached hydrogens (tertiary/aromatic N) is 3. The molecule has 0 aliphatic heterocycles. The van der Waals surface area contributed by atoms with E-state index in [1.54, 1.807) is 30.3 Å². The molecule has 4 aromatic rings. The van der Waals surface area contributed by atoms with E-state index in [0.29, 0.717) is 5.39 Å². The van der Waals surface area contributed by atoms with Crippen molar-refractivity contribution in [1.29, 1.82) is 0 Å². The van der Waals surface area contributed by atoms with Crippen molar-refractivity contribution in [2.75, 3.05) is 0 Å². The third kappa shape index (κ3) is 3.63. The second kappa shape index (κ2) is 7.31. The van der Waals surface area contributed by atoms with Crippen LogP contribution in [-0.4, -0.2) is 28.1 Å². The highest BCUT2D eigenvalue weighted by molar-refractivity contribution is 7.86. The predicted octanol–water partition coefficient (Wildman–Crippen LogP) is 4.97. The summed E-state index contributed by atoms with van der Waals surface area (Å²) in [6.45, 7) is 0. The van der Waals surface area contributed by atoms with Crippen LogP contribution in [0.1, 0.15) is 0 Å². The van der Waals surface area contributed by atoms with Crippen LogP contribution in [0.4, 0.5) is 17.1 Å². The monoisotopic (exact) mass is 439 g/mol. The highest BCUT2D eigenvalue weighted by Crippen LogP contribution is 2.42. The molecule has 31 heavy (non-hydrogen) atoms. The van der Waals surface area contributed by atoms with E-state index < -0.39 is 31.4 Å². The van der Waals surface area contributed by atoms with Gasteiger partial charge in [-0.05, 0) is 23.6 Å². The zero-order chi connectivity index (χ0) is 22.3. The largest absolute Gasteiger partial charge is 0.506 e. The SMILES string of the molecule is O=[N+]([O-])c1ccc2c(O)c(N=Nc3c(O)ccc4ccccc34)cc(S(=O)(=O)O)c2c1. The molecule has 0 fully saturated rings. The van der Waals surface area contributed by atoms with Crippen molar-refractivity contribution in [2.45, 2.75) is 4.90 Å². The smallest absolute Gasteiger partial charge is 0.295 e. The zero-order valence-electron chi connectivity index (χ0n) is 15.5. The second-order valence-corrected chi connectivity index (χ2v) is 7.95. The fourth-order valence-corrected chi connectivity index (χ4v) is 3.91. The standard InChI is InChI=1S/C20H13N3O7S/c24-17-8-5-11-3-1-2-4-13(11)19(17)22-21-16-10-18(31(28,29)30)15-9-12(23(26)27)6-7-14(15)20(16)25/h1-10,24-25H,(H,28,29,30). The van der Waals surface area contributed by atoms with Gasteiger partial charge in [0, 0.05) is 28.3 Å². The van der Waals surface area contributed by atoms with Gasteiger partial charge in [-0.15, -0.1) is 10.2 Å². The first-order valence-electron chi connectivity index (χ1n) is 8.71. The third-order valence-electron chi connectivity index (χ3n) is 4.66.